The first-order chi connectivity index (χ1) is 4.91. The van der Waals surface area contributed by atoms with Gasteiger partial charge >= 0.3 is 0 Å². The first kappa shape index (κ1) is 6.99. The maximum absolute atomic E-state index is 5.35. The van der Waals surface area contributed by atoms with E-state index in [0.717, 1.165) is 13.2 Å². The number of hydrogen-bond acceptors (Lipinski definition) is 2. The summed E-state index contributed by atoms with van der Waals surface area (Å²) in [5.74, 6) is 2.79. The molecule has 0 aromatic carbocycles. The van der Waals surface area contributed by atoms with Gasteiger partial charge in [-0.2, -0.15) is 11.8 Å². The molecule has 2 fully saturated rings. The fraction of sp³-hybridized carbons (Fsp3) is 1.00. The van der Waals surface area contributed by atoms with E-state index in [1.807, 2.05) is 0 Å². The molecule has 0 aliphatic carbocycles. The van der Waals surface area contributed by atoms with Crippen molar-refractivity contribution >= 4 is 11.8 Å². The lowest BCUT2D eigenvalue weighted by Gasteiger charge is -2.32. The second-order valence-corrected chi connectivity index (χ2v) is 4.52. The highest BCUT2D eigenvalue weighted by molar-refractivity contribution is 7.99. The third-order valence-electron chi connectivity index (χ3n) is 2.74. The van der Waals surface area contributed by atoms with Crippen molar-refractivity contribution in [3.63, 3.8) is 0 Å². The van der Waals surface area contributed by atoms with Crippen LogP contribution in [0.5, 0.6) is 0 Å². The monoisotopic (exact) mass is 158 g/mol. The number of thioether (sulfide) groups is 1. The van der Waals surface area contributed by atoms with Crippen LogP contribution in [-0.2, 0) is 4.74 Å². The predicted molar refractivity (Wildman–Crippen MR) is 44.4 cm³/mol. The summed E-state index contributed by atoms with van der Waals surface area (Å²) < 4.78 is 5.35. The third kappa shape index (κ3) is 1.19. The van der Waals surface area contributed by atoms with E-state index in [2.05, 4.69) is 11.8 Å². The fourth-order valence-electron chi connectivity index (χ4n) is 1.85. The number of rotatable bonds is 0. The van der Waals surface area contributed by atoms with Gasteiger partial charge in [-0.15, -0.1) is 0 Å². The molecular formula is C8H14OS. The molecule has 0 aromatic rings. The molecule has 0 aromatic heterocycles. The molecule has 0 saturated carbocycles. The van der Waals surface area contributed by atoms with Crippen molar-refractivity contribution in [2.24, 2.45) is 5.41 Å². The molecule has 0 atom stereocenters. The van der Waals surface area contributed by atoms with Gasteiger partial charge in [0.25, 0.3) is 0 Å². The molecule has 1 spiro atoms. The molecule has 0 unspecified atom stereocenters. The van der Waals surface area contributed by atoms with Gasteiger partial charge in [-0.3, -0.25) is 0 Å². The van der Waals surface area contributed by atoms with Crippen molar-refractivity contribution in [1.82, 2.24) is 0 Å². The standard InChI is InChI=1S/C8H14OS/c1-4-9-5-2-8(1)3-6-10-7-8/h1-7H2. The zero-order chi connectivity index (χ0) is 6.86. The van der Waals surface area contributed by atoms with Crippen molar-refractivity contribution in [1.29, 1.82) is 0 Å². The molecule has 0 radical (unpaired) electrons. The molecule has 2 heteroatoms. The molecule has 0 amide bonds. The van der Waals surface area contributed by atoms with Gasteiger partial charge in [0.15, 0.2) is 0 Å². The summed E-state index contributed by atoms with van der Waals surface area (Å²) in [5.41, 5.74) is 0.711. The fourth-order valence-corrected chi connectivity index (χ4v) is 3.44. The van der Waals surface area contributed by atoms with Crippen LogP contribution in [0.1, 0.15) is 19.3 Å². The molecule has 2 saturated heterocycles. The maximum Gasteiger partial charge on any atom is 0.0471 e. The normalized spacial score (nSPS) is 31.2. The average molecular weight is 158 g/mol. The van der Waals surface area contributed by atoms with Crippen molar-refractivity contribution in [3.05, 3.63) is 0 Å². The predicted octanol–water partition coefficient (Wildman–Crippen LogP) is 1.92. The molecule has 0 N–H and O–H groups in total. The van der Waals surface area contributed by atoms with E-state index >= 15 is 0 Å². The second-order valence-electron chi connectivity index (χ2n) is 3.41. The topological polar surface area (TPSA) is 9.23 Å². The Morgan fingerprint density at radius 2 is 1.90 bits per heavy atom. The number of hydrogen-bond donors (Lipinski definition) is 0. The van der Waals surface area contributed by atoms with Gasteiger partial charge in [-0.1, -0.05) is 0 Å². The molecule has 2 rings (SSSR count). The molecular weight excluding hydrogens is 144 g/mol. The van der Waals surface area contributed by atoms with Gasteiger partial charge in [-0.05, 0) is 36.2 Å². The lowest BCUT2D eigenvalue weighted by atomic mass is 9.80. The Hall–Kier alpha value is 0.310. The van der Waals surface area contributed by atoms with Crippen LogP contribution in [-0.4, -0.2) is 24.7 Å². The lowest BCUT2D eigenvalue weighted by Crippen LogP contribution is -2.28. The summed E-state index contributed by atoms with van der Waals surface area (Å²) in [6, 6.07) is 0. The Kier molecular flexibility index (Phi) is 1.92. The van der Waals surface area contributed by atoms with E-state index < -0.39 is 0 Å². The Morgan fingerprint density at radius 1 is 1.10 bits per heavy atom. The lowest BCUT2D eigenvalue weighted by molar-refractivity contribution is 0.0276. The SMILES string of the molecule is C1CC2(CCO1)CCSC2. The highest BCUT2D eigenvalue weighted by Crippen LogP contribution is 2.43. The summed E-state index contributed by atoms with van der Waals surface area (Å²) in [4.78, 5) is 0. The van der Waals surface area contributed by atoms with Crippen LogP contribution < -0.4 is 0 Å². The molecule has 2 heterocycles. The molecule has 58 valence electrons. The zero-order valence-corrected chi connectivity index (χ0v) is 7.08. The van der Waals surface area contributed by atoms with Crippen molar-refractivity contribution in [3.8, 4) is 0 Å². The third-order valence-corrected chi connectivity index (χ3v) is 4.05. The van der Waals surface area contributed by atoms with Crippen LogP contribution in [0.2, 0.25) is 0 Å². The van der Waals surface area contributed by atoms with Gasteiger partial charge in [0.1, 0.15) is 0 Å². The largest absolute Gasteiger partial charge is 0.381 e. The van der Waals surface area contributed by atoms with E-state index in [-0.39, 0.29) is 0 Å². The highest BCUT2D eigenvalue weighted by atomic mass is 32.2. The van der Waals surface area contributed by atoms with Gasteiger partial charge in [0.05, 0.1) is 0 Å². The Labute approximate surface area is 66.5 Å². The first-order valence-corrected chi connectivity index (χ1v) is 5.22. The Balaban J connectivity index is 1.98. The summed E-state index contributed by atoms with van der Waals surface area (Å²) in [6.07, 6.45) is 4.08. The molecule has 2 aliphatic rings. The Morgan fingerprint density at radius 3 is 2.50 bits per heavy atom. The van der Waals surface area contributed by atoms with E-state index in [4.69, 9.17) is 4.74 Å². The maximum atomic E-state index is 5.35. The van der Waals surface area contributed by atoms with Crippen LogP contribution in [0.3, 0.4) is 0 Å². The van der Waals surface area contributed by atoms with Crippen LogP contribution in [0.4, 0.5) is 0 Å². The summed E-state index contributed by atoms with van der Waals surface area (Å²) >= 11 is 2.12. The summed E-state index contributed by atoms with van der Waals surface area (Å²) in [6.45, 7) is 2.03. The van der Waals surface area contributed by atoms with Crippen LogP contribution >= 0.6 is 11.8 Å². The van der Waals surface area contributed by atoms with Gasteiger partial charge in [-0.25, -0.2) is 0 Å². The highest BCUT2D eigenvalue weighted by Gasteiger charge is 2.35. The smallest absolute Gasteiger partial charge is 0.0471 e. The number of ether oxygens (including phenoxy) is 1. The van der Waals surface area contributed by atoms with Gasteiger partial charge in [0.2, 0.25) is 0 Å². The average Bonchev–Trinajstić information content (AvgIpc) is 2.39. The van der Waals surface area contributed by atoms with Crippen molar-refractivity contribution in [2.45, 2.75) is 19.3 Å². The first-order valence-electron chi connectivity index (χ1n) is 4.07. The van der Waals surface area contributed by atoms with Gasteiger partial charge in [0, 0.05) is 13.2 Å². The summed E-state index contributed by atoms with van der Waals surface area (Å²) in [7, 11) is 0. The van der Waals surface area contributed by atoms with Crippen molar-refractivity contribution < 1.29 is 4.74 Å². The quantitative estimate of drug-likeness (QED) is 0.532. The molecule has 1 nitrogen and oxygen atoms in total. The van der Waals surface area contributed by atoms with Crippen LogP contribution in [0.15, 0.2) is 0 Å². The van der Waals surface area contributed by atoms with Crippen molar-refractivity contribution in [2.75, 3.05) is 24.7 Å². The second kappa shape index (κ2) is 2.74. The molecule has 10 heavy (non-hydrogen) atoms. The van der Waals surface area contributed by atoms with E-state index in [1.54, 1.807) is 0 Å². The molecule has 0 bridgehead atoms. The van der Waals surface area contributed by atoms with Crippen LogP contribution in [0.25, 0.3) is 0 Å². The minimum absolute atomic E-state index is 0.711. The minimum Gasteiger partial charge on any atom is -0.381 e. The summed E-state index contributed by atoms with van der Waals surface area (Å²) in [5, 5.41) is 0. The zero-order valence-electron chi connectivity index (χ0n) is 6.27. The van der Waals surface area contributed by atoms with E-state index in [0.29, 0.717) is 5.41 Å². The van der Waals surface area contributed by atoms with E-state index in [9.17, 15) is 0 Å². The van der Waals surface area contributed by atoms with Crippen LogP contribution in [0, 0.1) is 5.41 Å². The molecule has 2 aliphatic heterocycles. The Bertz CT molecular complexity index is 110. The van der Waals surface area contributed by atoms with E-state index in [1.165, 1.54) is 30.8 Å². The minimum atomic E-state index is 0.711. The van der Waals surface area contributed by atoms with Gasteiger partial charge < -0.3 is 4.74 Å².